The van der Waals surface area contributed by atoms with Gasteiger partial charge in [0.1, 0.15) is 7.11 Å². The second kappa shape index (κ2) is 7.84. The number of nitrogens with zero attached hydrogens (tertiary/aromatic N) is 1. The molecule has 4 heteroatoms. The molecule has 0 aliphatic carbocycles. The van der Waals surface area contributed by atoms with Crippen LogP contribution >= 0.6 is 0 Å². The Kier molecular flexibility index (Phi) is 6.39. The molecule has 0 unspecified atom stereocenters. The van der Waals surface area contributed by atoms with Gasteiger partial charge in [-0.05, 0) is 20.8 Å². The summed E-state index contributed by atoms with van der Waals surface area (Å²) in [5.41, 5.74) is 2.75. The molecule has 4 nitrogen and oxygen atoms in total. The maximum absolute atomic E-state index is 5.62. The minimum Gasteiger partial charge on any atom is -0.399 e. The van der Waals surface area contributed by atoms with Crippen LogP contribution in [0.3, 0.4) is 0 Å². The zero-order valence-electron chi connectivity index (χ0n) is 11.5. The van der Waals surface area contributed by atoms with Gasteiger partial charge in [0, 0.05) is 24.3 Å². The fourth-order valence-electron chi connectivity index (χ4n) is 1.75. The Bertz CT molecular complexity index is 384. The summed E-state index contributed by atoms with van der Waals surface area (Å²) >= 11 is 0. The van der Waals surface area contributed by atoms with Crippen LogP contribution in [-0.4, -0.2) is 26.0 Å². The Morgan fingerprint density at radius 3 is 2.33 bits per heavy atom. The Hall–Kier alpha value is -1.39. The molecule has 0 bridgehead atoms. The minimum atomic E-state index is -0.363. The lowest BCUT2D eigenvalue weighted by molar-refractivity contribution is -0.140. The van der Waals surface area contributed by atoms with Gasteiger partial charge in [0.05, 0.1) is 5.71 Å². The molecule has 18 heavy (non-hydrogen) atoms. The smallest absolute Gasteiger partial charge is 0.184 e. The van der Waals surface area contributed by atoms with E-state index in [4.69, 9.17) is 14.3 Å². The van der Waals surface area contributed by atoms with Crippen molar-refractivity contribution in [3.63, 3.8) is 0 Å². The lowest BCUT2D eigenvalue weighted by Gasteiger charge is -2.20. The third-order valence-corrected chi connectivity index (χ3v) is 2.47. The predicted molar refractivity (Wildman–Crippen MR) is 71.7 cm³/mol. The third kappa shape index (κ3) is 3.82. The lowest BCUT2D eigenvalue weighted by Crippen LogP contribution is -2.13. The van der Waals surface area contributed by atoms with Crippen molar-refractivity contribution in [3.05, 3.63) is 35.4 Å². The Morgan fingerprint density at radius 1 is 1.17 bits per heavy atom. The van der Waals surface area contributed by atoms with Crippen LogP contribution in [0.5, 0.6) is 0 Å². The molecular formula is C14H21NO3. The van der Waals surface area contributed by atoms with E-state index < -0.39 is 0 Å². The first-order valence-corrected chi connectivity index (χ1v) is 6.14. The highest BCUT2D eigenvalue weighted by atomic mass is 16.7. The van der Waals surface area contributed by atoms with Gasteiger partial charge >= 0.3 is 0 Å². The normalized spacial score (nSPS) is 11.9. The van der Waals surface area contributed by atoms with Crippen molar-refractivity contribution in [1.82, 2.24) is 0 Å². The number of hydrogen-bond acceptors (Lipinski definition) is 4. The summed E-state index contributed by atoms with van der Waals surface area (Å²) in [6.07, 6.45) is -0.363. The molecule has 0 aliphatic rings. The van der Waals surface area contributed by atoms with Crippen LogP contribution in [0.15, 0.2) is 29.4 Å². The fourth-order valence-corrected chi connectivity index (χ4v) is 1.75. The standard InChI is InChI=1S/C14H21NO3/c1-5-17-14(18-6-2)13-10-8-7-9-12(13)11(3)15-16-4/h7-10,14H,5-6H2,1-4H3. The lowest BCUT2D eigenvalue weighted by atomic mass is 10.0. The number of benzene rings is 1. The highest BCUT2D eigenvalue weighted by molar-refractivity contribution is 5.99. The van der Waals surface area contributed by atoms with Gasteiger partial charge < -0.3 is 14.3 Å². The largest absolute Gasteiger partial charge is 0.399 e. The van der Waals surface area contributed by atoms with Crippen LogP contribution in [0.25, 0.3) is 0 Å². The molecule has 0 amide bonds. The molecule has 0 spiro atoms. The van der Waals surface area contributed by atoms with E-state index >= 15 is 0 Å². The number of hydrogen-bond donors (Lipinski definition) is 0. The molecule has 0 fully saturated rings. The van der Waals surface area contributed by atoms with Gasteiger partial charge in [-0.15, -0.1) is 0 Å². The summed E-state index contributed by atoms with van der Waals surface area (Å²) in [7, 11) is 1.54. The molecule has 1 rings (SSSR count). The maximum atomic E-state index is 5.62. The Morgan fingerprint density at radius 2 is 1.78 bits per heavy atom. The van der Waals surface area contributed by atoms with Crippen molar-refractivity contribution in [2.75, 3.05) is 20.3 Å². The predicted octanol–water partition coefficient (Wildman–Crippen LogP) is 3.13. The van der Waals surface area contributed by atoms with E-state index in [1.54, 1.807) is 0 Å². The molecule has 0 heterocycles. The van der Waals surface area contributed by atoms with Crippen molar-refractivity contribution in [2.45, 2.75) is 27.1 Å². The SMILES string of the molecule is CCOC(OCC)c1ccccc1C(C)=NOC. The second-order valence-corrected chi connectivity index (χ2v) is 3.69. The number of ether oxygens (including phenoxy) is 2. The van der Waals surface area contributed by atoms with Crippen molar-refractivity contribution in [2.24, 2.45) is 5.16 Å². The highest BCUT2D eigenvalue weighted by Gasteiger charge is 2.16. The first-order valence-electron chi connectivity index (χ1n) is 6.14. The van der Waals surface area contributed by atoms with Gasteiger partial charge in [-0.3, -0.25) is 0 Å². The summed E-state index contributed by atoms with van der Waals surface area (Å²) in [6, 6.07) is 7.89. The van der Waals surface area contributed by atoms with Gasteiger partial charge in [0.25, 0.3) is 0 Å². The zero-order valence-corrected chi connectivity index (χ0v) is 11.5. The van der Waals surface area contributed by atoms with Gasteiger partial charge in [0.2, 0.25) is 0 Å². The van der Waals surface area contributed by atoms with Crippen LogP contribution in [-0.2, 0) is 14.3 Å². The average Bonchev–Trinajstić information content (AvgIpc) is 2.39. The van der Waals surface area contributed by atoms with E-state index in [0.717, 1.165) is 16.8 Å². The van der Waals surface area contributed by atoms with E-state index in [0.29, 0.717) is 13.2 Å². The van der Waals surface area contributed by atoms with E-state index in [1.807, 2.05) is 45.0 Å². The Labute approximate surface area is 109 Å². The third-order valence-electron chi connectivity index (χ3n) is 2.47. The highest BCUT2D eigenvalue weighted by Crippen LogP contribution is 2.23. The zero-order chi connectivity index (χ0) is 13.4. The molecule has 0 aromatic heterocycles. The number of rotatable bonds is 7. The summed E-state index contributed by atoms with van der Waals surface area (Å²) in [6.45, 7) is 6.99. The molecule has 0 aliphatic heterocycles. The van der Waals surface area contributed by atoms with Gasteiger partial charge in [-0.2, -0.15) is 0 Å². The molecule has 0 saturated carbocycles. The van der Waals surface area contributed by atoms with E-state index in [-0.39, 0.29) is 6.29 Å². The minimum absolute atomic E-state index is 0.363. The summed E-state index contributed by atoms with van der Waals surface area (Å²) in [4.78, 5) is 4.82. The molecule has 0 N–H and O–H groups in total. The van der Waals surface area contributed by atoms with Crippen molar-refractivity contribution < 1.29 is 14.3 Å². The van der Waals surface area contributed by atoms with Crippen molar-refractivity contribution >= 4 is 5.71 Å². The van der Waals surface area contributed by atoms with Crippen LogP contribution in [0.4, 0.5) is 0 Å². The van der Waals surface area contributed by atoms with Crippen LogP contribution in [0.1, 0.15) is 38.2 Å². The monoisotopic (exact) mass is 251 g/mol. The molecule has 100 valence electrons. The van der Waals surface area contributed by atoms with Gasteiger partial charge in [0.15, 0.2) is 6.29 Å². The van der Waals surface area contributed by atoms with E-state index in [9.17, 15) is 0 Å². The van der Waals surface area contributed by atoms with Crippen molar-refractivity contribution in [1.29, 1.82) is 0 Å². The molecule has 1 aromatic rings. The summed E-state index contributed by atoms with van der Waals surface area (Å²) in [5, 5.41) is 3.96. The first kappa shape index (κ1) is 14.7. The van der Waals surface area contributed by atoms with Gasteiger partial charge in [-0.1, -0.05) is 29.4 Å². The van der Waals surface area contributed by atoms with Gasteiger partial charge in [-0.25, -0.2) is 0 Å². The molecule has 0 radical (unpaired) electrons. The topological polar surface area (TPSA) is 40.0 Å². The molecule has 1 aromatic carbocycles. The van der Waals surface area contributed by atoms with E-state index in [1.165, 1.54) is 7.11 Å². The second-order valence-electron chi connectivity index (χ2n) is 3.69. The number of oxime groups is 1. The first-order chi connectivity index (χ1) is 8.74. The van der Waals surface area contributed by atoms with Crippen LogP contribution in [0, 0.1) is 0 Å². The van der Waals surface area contributed by atoms with E-state index in [2.05, 4.69) is 5.16 Å². The molecular weight excluding hydrogens is 230 g/mol. The van der Waals surface area contributed by atoms with Crippen molar-refractivity contribution in [3.8, 4) is 0 Å². The average molecular weight is 251 g/mol. The van der Waals surface area contributed by atoms with Crippen LogP contribution in [0.2, 0.25) is 0 Å². The quantitative estimate of drug-likeness (QED) is 0.424. The molecule has 0 atom stereocenters. The summed E-state index contributed by atoms with van der Waals surface area (Å²) in [5.74, 6) is 0. The maximum Gasteiger partial charge on any atom is 0.184 e. The summed E-state index contributed by atoms with van der Waals surface area (Å²) < 4.78 is 11.2. The Balaban J connectivity index is 3.09. The van der Waals surface area contributed by atoms with Crippen LogP contribution < -0.4 is 0 Å². The fraction of sp³-hybridized carbons (Fsp3) is 0.500. The molecule has 0 saturated heterocycles.